The maximum atomic E-state index is 2.44. The third-order valence-corrected chi connectivity index (χ3v) is 13.6. The van der Waals surface area contributed by atoms with Gasteiger partial charge in [-0.2, -0.15) is 0 Å². The average molecular weight is 916 g/mol. The number of benzene rings is 7. The van der Waals surface area contributed by atoms with Crippen LogP contribution in [0.1, 0.15) is 158 Å². The lowest BCUT2D eigenvalue weighted by Gasteiger charge is -2.34. The fraction of sp³-hybridized carbons (Fsp3) is 0.364. The molecule has 0 fully saturated rings. The van der Waals surface area contributed by atoms with E-state index in [4.69, 9.17) is 0 Å². The zero-order valence-electron chi connectivity index (χ0n) is 45.4. The summed E-state index contributed by atoms with van der Waals surface area (Å²) < 4.78 is 0. The maximum Gasteiger partial charge on any atom is 0.0503 e. The highest BCUT2D eigenvalue weighted by Gasteiger charge is 2.26. The second-order valence-electron chi connectivity index (χ2n) is 25.5. The molecule has 0 aliphatic heterocycles. The summed E-state index contributed by atoms with van der Waals surface area (Å²) in [6.07, 6.45) is 0. The highest BCUT2D eigenvalue weighted by atomic mass is 15.2. The van der Waals surface area contributed by atoms with Gasteiger partial charge in [-0.25, -0.2) is 0 Å². The summed E-state index contributed by atoms with van der Waals surface area (Å²) in [5, 5.41) is 0. The first-order valence-electron chi connectivity index (χ1n) is 25.2. The Morgan fingerprint density at radius 3 is 0.391 bits per heavy atom. The molecule has 0 saturated carbocycles. The maximum absolute atomic E-state index is 2.44. The quantitative estimate of drug-likeness (QED) is 0.143. The van der Waals surface area contributed by atoms with Crippen molar-refractivity contribution in [3.05, 3.63) is 197 Å². The molecule has 0 aromatic heterocycles. The van der Waals surface area contributed by atoms with Crippen molar-refractivity contribution in [1.82, 2.24) is 0 Å². The van der Waals surface area contributed by atoms with Crippen molar-refractivity contribution in [2.24, 2.45) is 0 Å². The SMILES string of the molecule is CC(C)(C)c1ccc(N(c2ccc(C(C)(C)C)cc2)c2cc(N(c3ccc(C(C)(C)C)cc3)c3ccc(C(C)(C)C)cc3)cc(N(c3ccc(C(C)(C)C)cc3)c3ccc(C(C)(C)C)cc3)c2)cc1. The third kappa shape index (κ3) is 11.7. The average Bonchev–Trinajstić information content (AvgIpc) is 3.26. The summed E-state index contributed by atoms with van der Waals surface area (Å²) in [6.45, 7) is 41.1. The fourth-order valence-corrected chi connectivity index (χ4v) is 8.97. The molecule has 7 aromatic carbocycles. The number of hydrogen-bond acceptors (Lipinski definition) is 3. The molecule has 7 aromatic rings. The molecule has 0 amide bonds. The predicted molar refractivity (Wildman–Crippen MR) is 303 cm³/mol. The van der Waals surface area contributed by atoms with Crippen molar-refractivity contribution < 1.29 is 0 Å². The lowest BCUT2D eigenvalue weighted by atomic mass is 9.86. The van der Waals surface area contributed by atoms with E-state index in [-0.39, 0.29) is 32.5 Å². The smallest absolute Gasteiger partial charge is 0.0503 e. The molecule has 0 N–H and O–H groups in total. The molecular weight excluding hydrogens is 835 g/mol. The standard InChI is InChI=1S/C66H81N3/c1-61(2,3)46-19-31-52(32-20-46)67(53-33-21-47(22-34-53)62(4,5)6)58-43-59(68(54-35-23-48(24-36-54)63(7,8)9)55-37-25-49(26-38-55)64(10,11)12)45-60(44-58)69(56-39-27-50(28-40-56)65(13,14)15)57-41-29-51(30-42-57)66(16,17)18/h19-45H,1-18H3. The van der Waals surface area contributed by atoms with Crippen molar-refractivity contribution in [2.45, 2.75) is 157 Å². The Hall–Kier alpha value is -6.06. The van der Waals surface area contributed by atoms with Crippen molar-refractivity contribution in [3.8, 4) is 0 Å². The van der Waals surface area contributed by atoms with Gasteiger partial charge in [0.15, 0.2) is 0 Å². The zero-order chi connectivity index (χ0) is 50.5. The fourth-order valence-electron chi connectivity index (χ4n) is 8.97. The lowest BCUT2D eigenvalue weighted by Crippen LogP contribution is -2.18. The van der Waals surface area contributed by atoms with Crippen LogP contribution in [-0.2, 0) is 32.5 Å². The van der Waals surface area contributed by atoms with E-state index in [1.807, 2.05) is 0 Å². The Kier molecular flexibility index (Phi) is 13.8. The van der Waals surface area contributed by atoms with Crippen LogP contribution in [0.15, 0.2) is 164 Å². The minimum absolute atomic E-state index is 0.0158. The molecule has 360 valence electrons. The van der Waals surface area contributed by atoms with E-state index >= 15 is 0 Å². The van der Waals surface area contributed by atoms with E-state index in [2.05, 4.69) is 303 Å². The summed E-state index contributed by atoms with van der Waals surface area (Å²) >= 11 is 0. The Morgan fingerprint density at radius 1 is 0.174 bits per heavy atom. The van der Waals surface area contributed by atoms with Crippen LogP contribution in [0.4, 0.5) is 51.2 Å². The summed E-state index contributed by atoms with van der Waals surface area (Å²) in [7, 11) is 0. The molecule has 0 radical (unpaired) electrons. The van der Waals surface area contributed by atoms with Crippen molar-refractivity contribution in [2.75, 3.05) is 14.7 Å². The van der Waals surface area contributed by atoms with Gasteiger partial charge < -0.3 is 14.7 Å². The van der Waals surface area contributed by atoms with Crippen LogP contribution in [0.25, 0.3) is 0 Å². The van der Waals surface area contributed by atoms with Crippen LogP contribution >= 0.6 is 0 Å². The van der Waals surface area contributed by atoms with Crippen LogP contribution in [0.3, 0.4) is 0 Å². The first-order valence-corrected chi connectivity index (χ1v) is 25.2. The highest BCUT2D eigenvalue weighted by molar-refractivity contribution is 5.89. The molecular formula is C66H81N3. The topological polar surface area (TPSA) is 9.72 Å². The number of nitrogens with zero attached hydrogens (tertiary/aromatic N) is 3. The monoisotopic (exact) mass is 916 g/mol. The van der Waals surface area contributed by atoms with E-state index in [1.165, 1.54) is 33.4 Å². The van der Waals surface area contributed by atoms with Gasteiger partial charge in [-0.3, -0.25) is 0 Å². The van der Waals surface area contributed by atoms with Crippen LogP contribution < -0.4 is 14.7 Å². The Balaban J connectivity index is 1.58. The summed E-state index contributed by atoms with van der Waals surface area (Å²) in [5.41, 5.74) is 17.7. The van der Waals surface area contributed by atoms with Gasteiger partial charge in [0, 0.05) is 34.1 Å². The van der Waals surface area contributed by atoms with Gasteiger partial charge >= 0.3 is 0 Å². The largest absolute Gasteiger partial charge is 0.310 e. The molecule has 0 saturated heterocycles. The van der Waals surface area contributed by atoms with Gasteiger partial charge in [0.05, 0.1) is 17.1 Å². The third-order valence-electron chi connectivity index (χ3n) is 13.6. The molecule has 0 aliphatic carbocycles. The molecule has 3 heteroatoms. The zero-order valence-corrected chi connectivity index (χ0v) is 45.4. The summed E-state index contributed by atoms with van der Waals surface area (Å²) in [5.74, 6) is 0. The Labute approximate surface area is 418 Å². The van der Waals surface area contributed by atoms with Gasteiger partial charge in [-0.1, -0.05) is 197 Å². The summed E-state index contributed by atoms with van der Waals surface area (Å²) in [6, 6.07) is 62.4. The van der Waals surface area contributed by atoms with Crippen molar-refractivity contribution in [3.63, 3.8) is 0 Å². The van der Waals surface area contributed by atoms with Gasteiger partial charge in [-0.15, -0.1) is 0 Å². The minimum Gasteiger partial charge on any atom is -0.310 e. The number of anilines is 9. The van der Waals surface area contributed by atoms with E-state index < -0.39 is 0 Å². The second-order valence-corrected chi connectivity index (χ2v) is 25.5. The number of hydrogen-bond donors (Lipinski definition) is 0. The normalized spacial score (nSPS) is 12.8. The van der Waals surface area contributed by atoms with E-state index in [9.17, 15) is 0 Å². The molecule has 3 nitrogen and oxygen atoms in total. The van der Waals surface area contributed by atoms with Gasteiger partial charge in [0.25, 0.3) is 0 Å². The Bertz CT molecular complexity index is 2300. The second kappa shape index (κ2) is 18.7. The van der Waals surface area contributed by atoms with E-state index in [0.717, 1.165) is 51.2 Å². The molecule has 0 aliphatic rings. The number of rotatable bonds is 9. The molecule has 0 bridgehead atoms. The van der Waals surface area contributed by atoms with E-state index in [0.29, 0.717) is 0 Å². The van der Waals surface area contributed by atoms with Crippen LogP contribution in [0, 0.1) is 0 Å². The molecule has 0 unspecified atom stereocenters. The molecule has 0 atom stereocenters. The van der Waals surface area contributed by atoms with Gasteiger partial charge in [-0.05, 0) is 157 Å². The van der Waals surface area contributed by atoms with Crippen LogP contribution in [-0.4, -0.2) is 0 Å². The van der Waals surface area contributed by atoms with Crippen molar-refractivity contribution in [1.29, 1.82) is 0 Å². The van der Waals surface area contributed by atoms with Gasteiger partial charge in [0.2, 0.25) is 0 Å². The molecule has 0 spiro atoms. The first kappa shape index (κ1) is 50.8. The summed E-state index contributed by atoms with van der Waals surface area (Å²) in [4.78, 5) is 7.33. The molecule has 7 rings (SSSR count). The molecule has 69 heavy (non-hydrogen) atoms. The Morgan fingerprint density at radius 2 is 0.290 bits per heavy atom. The van der Waals surface area contributed by atoms with Gasteiger partial charge in [0.1, 0.15) is 0 Å². The van der Waals surface area contributed by atoms with Crippen LogP contribution in [0.2, 0.25) is 0 Å². The van der Waals surface area contributed by atoms with E-state index in [1.54, 1.807) is 0 Å². The lowest BCUT2D eigenvalue weighted by molar-refractivity contribution is 0.590. The predicted octanol–water partition coefficient (Wildman–Crippen LogP) is 19.9. The first-order chi connectivity index (χ1) is 32.0. The minimum atomic E-state index is 0.0158. The van der Waals surface area contributed by atoms with Crippen LogP contribution in [0.5, 0.6) is 0 Å². The highest BCUT2D eigenvalue weighted by Crippen LogP contribution is 2.47. The van der Waals surface area contributed by atoms with Crippen molar-refractivity contribution >= 4 is 51.2 Å². The molecule has 0 heterocycles.